The average Bonchev–Trinajstić information content (AvgIpc) is 2.48. The smallest absolute Gasteiger partial charge is 0.271 e. The van der Waals surface area contributed by atoms with E-state index in [1.165, 1.54) is 36.4 Å². The number of non-ortho nitro benzene ring substituents is 1. The van der Waals surface area contributed by atoms with Crippen molar-refractivity contribution in [2.45, 2.75) is 0 Å². The lowest BCUT2D eigenvalue weighted by Gasteiger charge is -2.07. The summed E-state index contributed by atoms with van der Waals surface area (Å²) in [6.07, 6.45) is 0. The Bertz CT molecular complexity index is 748. The van der Waals surface area contributed by atoms with Crippen LogP contribution >= 0.6 is 0 Å². The Morgan fingerprint density at radius 2 is 1.90 bits per heavy atom. The van der Waals surface area contributed by atoms with Gasteiger partial charge in [0, 0.05) is 17.7 Å². The summed E-state index contributed by atoms with van der Waals surface area (Å²) in [4.78, 5) is 21.0. The van der Waals surface area contributed by atoms with Crippen LogP contribution in [0.15, 0.2) is 42.5 Å². The SMILES string of the molecule is N#Cc1cc([N+](=O)[O-])ccc1Oc1ccc(C(N)=O)cc1. The molecule has 2 rings (SSSR count). The average molecular weight is 283 g/mol. The predicted octanol–water partition coefficient (Wildman–Crippen LogP) is 2.36. The first-order valence-electron chi connectivity index (χ1n) is 5.77. The molecule has 2 aromatic carbocycles. The van der Waals surface area contributed by atoms with Crippen molar-refractivity contribution >= 4 is 11.6 Å². The van der Waals surface area contributed by atoms with Crippen LogP contribution in [0.3, 0.4) is 0 Å². The number of hydrogen-bond acceptors (Lipinski definition) is 5. The van der Waals surface area contributed by atoms with Crippen LogP contribution in [0.25, 0.3) is 0 Å². The molecule has 7 nitrogen and oxygen atoms in total. The number of nitriles is 1. The highest BCUT2D eigenvalue weighted by Gasteiger charge is 2.12. The number of carbonyl (C=O) groups is 1. The molecule has 1 amide bonds. The number of amides is 1. The Labute approximate surface area is 119 Å². The largest absolute Gasteiger partial charge is 0.456 e. The van der Waals surface area contributed by atoms with Gasteiger partial charge in [0.2, 0.25) is 5.91 Å². The van der Waals surface area contributed by atoms with Gasteiger partial charge in [-0.15, -0.1) is 0 Å². The van der Waals surface area contributed by atoms with E-state index in [1.54, 1.807) is 0 Å². The van der Waals surface area contributed by atoms with E-state index in [4.69, 9.17) is 15.7 Å². The number of nitrogens with zero attached hydrogens (tertiary/aromatic N) is 2. The number of nitrogens with two attached hydrogens (primary N) is 1. The molecule has 2 N–H and O–H groups in total. The number of carbonyl (C=O) groups excluding carboxylic acids is 1. The van der Waals surface area contributed by atoms with Crippen LogP contribution in [0.5, 0.6) is 11.5 Å². The molecule has 0 aliphatic carbocycles. The van der Waals surface area contributed by atoms with Crippen LogP contribution in [-0.4, -0.2) is 10.8 Å². The number of ether oxygens (including phenoxy) is 1. The van der Waals surface area contributed by atoms with Crippen molar-refractivity contribution in [2.75, 3.05) is 0 Å². The fourth-order valence-corrected chi connectivity index (χ4v) is 1.62. The van der Waals surface area contributed by atoms with E-state index >= 15 is 0 Å². The summed E-state index contributed by atoms with van der Waals surface area (Å²) < 4.78 is 5.47. The van der Waals surface area contributed by atoms with Crippen LogP contribution in [-0.2, 0) is 0 Å². The molecule has 2 aromatic rings. The lowest BCUT2D eigenvalue weighted by molar-refractivity contribution is -0.384. The van der Waals surface area contributed by atoms with Crippen molar-refractivity contribution in [1.29, 1.82) is 5.26 Å². The normalized spacial score (nSPS) is 9.67. The van der Waals surface area contributed by atoms with Gasteiger partial charge in [-0.05, 0) is 30.3 Å². The Hall–Kier alpha value is -3.40. The highest BCUT2D eigenvalue weighted by molar-refractivity contribution is 5.92. The highest BCUT2D eigenvalue weighted by Crippen LogP contribution is 2.28. The number of rotatable bonds is 4. The van der Waals surface area contributed by atoms with Gasteiger partial charge in [-0.3, -0.25) is 14.9 Å². The van der Waals surface area contributed by atoms with Gasteiger partial charge in [0.15, 0.2) is 0 Å². The van der Waals surface area contributed by atoms with E-state index in [9.17, 15) is 14.9 Å². The van der Waals surface area contributed by atoms with Crippen LogP contribution in [0.4, 0.5) is 5.69 Å². The third-order valence-electron chi connectivity index (χ3n) is 2.66. The zero-order valence-corrected chi connectivity index (χ0v) is 10.6. The molecule has 0 saturated heterocycles. The number of primary amides is 1. The molecule has 0 heterocycles. The Balaban J connectivity index is 2.29. The van der Waals surface area contributed by atoms with E-state index in [2.05, 4.69) is 0 Å². The van der Waals surface area contributed by atoms with Crippen LogP contribution in [0, 0.1) is 21.4 Å². The van der Waals surface area contributed by atoms with Crippen molar-refractivity contribution in [3.05, 3.63) is 63.7 Å². The van der Waals surface area contributed by atoms with Gasteiger partial charge < -0.3 is 10.5 Å². The maximum absolute atomic E-state index is 10.9. The number of nitro groups is 1. The number of benzene rings is 2. The number of nitro benzene ring substituents is 1. The molecule has 21 heavy (non-hydrogen) atoms. The van der Waals surface area contributed by atoms with Gasteiger partial charge in [0.05, 0.1) is 4.92 Å². The molecule has 0 unspecified atom stereocenters. The van der Waals surface area contributed by atoms with Gasteiger partial charge in [0.25, 0.3) is 5.69 Å². The minimum Gasteiger partial charge on any atom is -0.456 e. The second kappa shape index (κ2) is 5.71. The lowest BCUT2D eigenvalue weighted by atomic mass is 10.2. The molecule has 0 fully saturated rings. The minimum absolute atomic E-state index is 0.0446. The van der Waals surface area contributed by atoms with Crippen molar-refractivity contribution in [3.8, 4) is 17.6 Å². The standard InChI is InChI=1S/C14H9N3O4/c15-8-10-7-11(17(19)20)3-6-13(10)21-12-4-1-9(2-5-12)14(16)18/h1-7H,(H2,16,18). The summed E-state index contributed by atoms with van der Waals surface area (Å²) in [5.74, 6) is 0.00915. The summed E-state index contributed by atoms with van der Waals surface area (Å²) in [6, 6.07) is 11.6. The molecule has 0 aliphatic heterocycles. The fraction of sp³-hybridized carbons (Fsp3) is 0. The van der Waals surface area contributed by atoms with E-state index in [-0.39, 0.29) is 17.0 Å². The van der Waals surface area contributed by atoms with Crippen LogP contribution < -0.4 is 10.5 Å². The Kier molecular flexibility index (Phi) is 3.81. The first-order chi connectivity index (χ1) is 10.0. The molecule has 104 valence electrons. The monoisotopic (exact) mass is 283 g/mol. The molecule has 0 bridgehead atoms. The zero-order valence-electron chi connectivity index (χ0n) is 10.6. The van der Waals surface area contributed by atoms with Crippen molar-refractivity contribution < 1.29 is 14.5 Å². The van der Waals surface area contributed by atoms with Crippen molar-refractivity contribution in [2.24, 2.45) is 5.73 Å². The van der Waals surface area contributed by atoms with Crippen molar-refractivity contribution in [1.82, 2.24) is 0 Å². The number of hydrogen-bond donors (Lipinski definition) is 1. The summed E-state index contributed by atoms with van der Waals surface area (Å²) in [5, 5.41) is 19.7. The molecule has 7 heteroatoms. The van der Waals surface area contributed by atoms with Gasteiger partial charge >= 0.3 is 0 Å². The quantitative estimate of drug-likeness (QED) is 0.682. The van der Waals surface area contributed by atoms with E-state index in [1.807, 2.05) is 6.07 Å². The second-order valence-electron chi connectivity index (χ2n) is 4.04. The first-order valence-corrected chi connectivity index (χ1v) is 5.77. The minimum atomic E-state index is -0.591. The van der Waals surface area contributed by atoms with Gasteiger partial charge in [0.1, 0.15) is 23.1 Å². The van der Waals surface area contributed by atoms with Gasteiger partial charge in [-0.2, -0.15) is 5.26 Å². The molecule has 0 atom stereocenters. The van der Waals surface area contributed by atoms with Crippen molar-refractivity contribution in [3.63, 3.8) is 0 Å². The maximum Gasteiger partial charge on any atom is 0.271 e. The molecule has 0 aromatic heterocycles. The summed E-state index contributed by atoms with van der Waals surface area (Å²) in [6.45, 7) is 0. The molecule has 0 spiro atoms. The molecule has 0 radical (unpaired) electrons. The summed E-state index contributed by atoms with van der Waals surface area (Å²) in [5.41, 5.74) is 5.30. The predicted molar refractivity (Wildman–Crippen MR) is 72.8 cm³/mol. The van der Waals surface area contributed by atoms with Crippen LogP contribution in [0.1, 0.15) is 15.9 Å². The Morgan fingerprint density at radius 1 is 1.24 bits per heavy atom. The van der Waals surface area contributed by atoms with E-state index in [0.717, 1.165) is 6.07 Å². The Morgan fingerprint density at radius 3 is 2.43 bits per heavy atom. The van der Waals surface area contributed by atoms with Gasteiger partial charge in [-0.1, -0.05) is 0 Å². The molecular formula is C14H9N3O4. The zero-order chi connectivity index (χ0) is 15.4. The third kappa shape index (κ3) is 3.13. The maximum atomic E-state index is 10.9. The van der Waals surface area contributed by atoms with E-state index in [0.29, 0.717) is 11.3 Å². The lowest BCUT2D eigenvalue weighted by Crippen LogP contribution is -2.10. The van der Waals surface area contributed by atoms with Gasteiger partial charge in [-0.25, -0.2) is 0 Å². The summed E-state index contributed by atoms with van der Waals surface area (Å²) >= 11 is 0. The fourth-order valence-electron chi connectivity index (χ4n) is 1.62. The molecule has 0 aliphatic rings. The molecular weight excluding hydrogens is 274 g/mol. The highest BCUT2D eigenvalue weighted by atomic mass is 16.6. The first kappa shape index (κ1) is 14.0. The van der Waals surface area contributed by atoms with E-state index < -0.39 is 10.8 Å². The van der Waals surface area contributed by atoms with Crippen LogP contribution in [0.2, 0.25) is 0 Å². The molecule has 0 saturated carbocycles. The topological polar surface area (TPSA) is 119 Å². The second-order valence-corrected chi connectivity index (χ2v) is 4.04. The third-order valence-corrected chi connectivity index (χ3v) is 2.66. The summed E-state index contributed by atoms with van der Waals surface area (Å²) in [7, 11) is 0.